The van der Waals surface area contributed by atoms with Gasteiger partial charge >= 0.3 is 0 Å². The van der Waals surface area contributed by atoms with E-state index in [2.05, 4.69) is 17.4 Å². The molecule has 0 bridgehead atoms. The molecule has 0 atom stereocenters. The van der Waals surface area contributed by atoms with Gasteiger partial charge in [0.05, 0.1) is 11.1 Å². The van der Waals surface area contributed by atoms with Crippen molar-refractivity contribution in [1.82, 2.24) is 10.3 Å². The maximum atomic E-state index is 13.1. The van der Waals surface area contributed by atoms with E-state index in [1.54, 1.807) is 35.7 Å². The van der Waals surface area contributed by atoms with E-state index in [0.29, 0.717) is 12.1 Å². The van der Waals surface area contributed by atoms with Gasteiger partial charge in [-0.15, -0.1) is 11.8 Å². The quantitative estimate of drug-likeness (QED) is 0.368. The van der Waals surface area contributed by atoms with Gasteiger partial charge in [0.15, 0.2) is 0 Å². The van der Waals surface area contributed by atoms with Gasteiger partial charge in [-0.3, -0.25) is 4.79 Å². The fraction of sp³-hybridized carbons (Fsp3) is 0.0833. The molecule has 6 heteroatoms. The van der Waals surface area contributed by atoms with Crippen LogP contribution in [0.25, 0.3) is 10.9 Å². The number of nitrogens with one attached hydrogen (secondary N) is 1. The lowest BCUT2D eigenvalue weighted by molar-refractivity contribution is 0.0952. The molecule has 0 saturated carbocycles. The van der Waals surface area contributed by atoms with Crippen molar-refractivity contribution in [1.29, 1.82) is 0 Å². The largest absolute Gasteiger partial charge is 0.348 e. The number of nitrogens with zero attached hydrogens (tertiary/aromatic N) is 1. The van der Waals surface area contributed by atoms with E-state index in [1.807, 2.05) is 48.7 Å². The molecule has 1 heterocycles. The molecule has 0 spiro atoms. The molecular weight excluding hydrogens is 415 g/mol. The standard InChI is InChI=1S/C24H19FN2OS2/c1-29-21-8-4-5-9-22(21)30-23-14-19(18-6-2-3-7-20(18)27-23)24(28)26-15-16-10-12-17(25)13-11-16/h2-14H,15H2,1H3,(H,26,28). The lowest BCUT2D eigenvalue weighted by Crippen LogP contribution is -2.23. The minimum atomic E-state index is -0.294. The van der Waals surface area contributed by atoms with Gasteiger partial charge < -0.3 is 5.32 Å². The summed E-state index contributed by atoms with van der Waals surface area (Å²) in [7, 11) is 0. The van der Waals surface area contributed by atoms with E-state index < -0.39 is 0 Å². The number of hydrogen-bond acceptors (Lipinski definition) is 4. The highest BCUT2D eigenvalue weighted by Gasteiger charge is 2.14. The Balaban J connectivity index is 1.64. The van der Waals surface area contributed by atoms with Crippen LogP contribution in [0, 0.1) is 5.82 Å². The highest BCUT2D eigenvalue weighted by Crippen LogP contribution is 2.35. The first-order valence-corrected chi connectivity index (χ1v) is 11.4. The molecule has 0 radical (unpaired) electrons. The summed E-state index contributed by atoms with van der Waals surface area (Å²) in [5.41, 5.74) is 2.19. The highest BCUT2D eigenvalue weighted by molar-refractivity contribution is 8.02. The van der Waals surface area contributed by atoms with Crippen LogP contribution < -0.4 is 5.32 Å². The minimum absolute atomic E-state index is 0.182. The Bertz CT molecular complexity index is 1200. The molecule has 3 nitrogen and oxygen atoms in total. The summed E-state index contributed by atoms with van der Waals surface area (Å²) in [6, 6.07) is 23.7. The number of rotatable bonds is 6. The van der Waals surface area contributed by atoms with Gasteiger partial charge in [0.2, 0.25) is 0 Å². The molecule has 0 unspecified atom stereocenters. The Morgan fingerprint density at radius 3 is 2.43 bits per heavy atom. The fourth-order valence-corrected chi connectivity index (χ4v) is 4.81. The Labute approximate surface area is 183 Å². The fourth-order valence-electron chi connectivity index (χ4n) is 3.09. The molecule has 0 aliphatic heterocycles. The van der Waals surface area contributed by atoms with Crippen LogP contribution in [0.4, 0.5) is 4.39 Å². The number of halogens is 1. The molecule has 1 N–H and O–H groups in total. The van der Waals surface area contributed by atoms with Crippen molar-refractivity contribution in [3.8, 4) is 0 Å². The summed E-state index contributed by atoms with van der Waals surface area (Å²) < 4.78 is 13.1. The smallest absolute Gasteiger partial charge is 0.252 e. The van der Waals surface area contributed by atoms with E-state index in [1.165, 1.54) is 17.0 Å². The van der Waals surface area contributed by atoms with Crippen molar-refractivity contribution in [2.24, 2.45) is 0 Å². The van der Waals surface area contributed by atoms with Crippen LogP contribution in [-0.4, -0.2) is 17.1 Å². The Hall–Kier alpha value is -2.83. The lowest BCUT2D eigenvalue weighted by atomic mass is 10.1. The van der Waals surface area contributed by atoms with Gasteiger partial charge in [-0.1, -0.05) is 54.2 Å². The van der Waals surface area contributed by atoms with Crippen molar-refractivity contribution < 1.29 is 9.18 Å². The summed E-state index contributed by atoms with van der Waals surface area (Å²) in [5.74, 6) is -0.477. The molecule has 0 saturated heterocycles. The first-order valence-electron chi connectivity index (χ1n) is 9.37. The lowest BCUT2D eigenvalue weighted by Gasteiger charge is -2.11. The van der Waals surface area contributed by atoms with Crippen molar-refractivity contribution in [3.05, 3.63) is 95.8 Å². The van der Waals surface area contributed by atoms with E-state index in [4.69, 9.17) is 4.98 Å². The summed E-state index contributed by atoms with van der Waals surface area (Å²) in [6.45, 7) is 0.327. The number of fused-ring (bicyclic) bond motifs is 1. The summed E-state index contributed by atoms with van der Waals surface area (Å²) in [5, 5.41) is 4.51. The Morgan fingerprint density at radius 2 is 1.67 bits per heavy atom. The maximum Gasteiger partial charge on any atom is 0.252 e. The molecule has 0 aliphatic rings. The van der Waals surface area contributed by atoms with Crippen LogP contribution >= 0.6 is 23.5 Å². The van der Waals surface area contributed by atoms with Crippen LogP contribution in [0.2, 0.25) is 0 Å². The highest BCUT2D eigenvalue weighted by atomic mass is 32.2. The van der Waals surface area contributed by atoms with Crippen LogP contribution in [0.1, 0.15) is 15.9 Å². The predicted molar refractivity (Wildman–Crippen MR) is 122 cm³/mol. The minimum Gasteiger partial charge on any atom is -0.348 e. The number of aromatic nitrogens is 1. The van der Waals surface area contributed by atoms with Crippen LogP contribution in [0.15, 0.2) is 93.7 Å². The number of hydrogen-bond donors (Lipinski definition) is 1. The van der Waals surface area contributed by atoms with Crippen molar-refractivity contribution in [2.45, 2.75) is 21.4 Å². The maximum absolute atomic E-state index is 13.1. The molecule has 4 rings (SSSR count). The van der Waals surface area contributed by atoms with Crippen LogP contribution in [-0.2, 0) is 6.54 Å². The second-order valence-electron chi connectivity index (χ2n) is 6.59. The van der Waals surface area contributed by atoms with Gasteiger partial charge in [0.25, 0.3) is 5.91 Å². The second-order valence-corrected chi connectivity index (χ2v) is 8.50. The van der Waals surface area contributed by atoms with E-state index in [-0.39, 0.29) is 11.7 Å². The number of pyridine rings is 1. The predicted octanol–water partition coefficient (Wildman–Crippen LogP) is 6.18. The monoisotopic (exact) mass is 434 g/mol. The van der Waals surface area contributed by atoms with E-state index in [0.717, 1.165) is 26.4 Å². The van der Waals surface area contributed by atoms with Gasteiger partial charge in [-0.05, 0) is 48.2 Å². The molecular formula is C24H19FN2OS2. The molecule has 4 aromatic rings. The first-order chi connectivity index (χ1) is 14.6. The van der Waals surface area contributed by atoms with Crippen molar-refractivity contribution >= 4 is 40.3 Å². The molecule has 3 aromatic carbocycles. The molecule has 0 aliphatic carbocycles. The third-order valence-corrected chi connectivity index (χ3v) is 6.51. The van der Waals surface area contributed by atoms with E-state index in [9.17, 15) is 9.18 Å². The van der Waals surface area contributed by atoms with Crippen LogP contribution in [0.3, 0.4) is 0 Å². The molecule has 1 amide bonds. The Kier molecular flexibility index (Phi) is 6.35. The summed E-state index contributed by atoms with van der Waals surface area (Å²) in [4.78, 5) is 20.0. The SMILES string of the molecule is CSc1ccccc1Sc1cc(C(=O)NCc2ccc(F)cc2)c2ccccc2n1. The zero-order valence-electron chi connectivity index (χ0n) is 16.3. The average Bonchev–Trinajstić information content (AvgIpc) is 2.78. The number of carbonyl (C=O) groups excluding carboxylic acids is 1. The number of thioether (sulfide) groups is 1. The normalized spacial score (nSPS) is 10.9. The molecule has 150 valence electrons. The number of para-hydroxylation sites is 1. The number of benzene rings is 3. The zero-order chi connectivity index (χ0) is 20.9. The third-order valence-electron chi connectivity index (χ3n) is 4.59. The van der Waals surface area contributed by atoms with Crippen LogP contribution in [0.5, 0.6) is 0 Å². The summed E-state index contributed by atoms with van der Waals surface area (Å²) >= 11 is 3.23. The molecule has 30 heavy (non-hydrogen) atoms. The topological polar surface area (TPSA) is 42.0 Å². The molecule has 0 fully saturated rings. The van der Waals surface area contributed by atoms with Gasteiger partial charge in [-0.2, -0.15) is 0 Å². The van der Waals surface area contributed by atoms with E-state index >= 15 is 0 Å². The van der Waals surface area contributed by atoms with Gasteiger partial charge in [0.1, 0.15) is 10.8 Å². The summed E-state index contributed by atoms with van der Waals surface area (Å²) in [6.07, 6.45) is 2.04. The Morgan fingerprint density at radius 1 is 0.967 bits per heavy atom. The number of carbonyl (C=O) groups is 1. The molecule has 1 aromatic heterocycles. The van der Waals surface area contributed by atoms with Crippen molar-refractivity contribution in [3.63, 3.8) is 0 Å². The second kappa shape index (κ2) is 9.32. The first kappa shape index (κ1) is 20.4. The number of amides is 1. The van der Waals surface area contributed by atoms with Crippen molar-refractivity contribution in [2.75, 3.05) is 6.26 Å². The average molecular weight is 435 g/mol. The van der Waals surface area contributed by atoms with Gasteiger partial charge in [-0.25, -0.2) is 9.37 Å². The third kappa shape index (κ3) is 4.66. The van der Waals surface area contributed by atoms with Gasteiger partial charge in [0, 0.05) is 21.7 Å². The zero-order valence-corrected chi connectivity index (χ0v) is 17.9.